The van der Waals surface area contributed by atoms with Crippen molar-refractivity contribution in [3.8, 4) is 5.75 Å². The lowest BCUT2D eigenvalue weighted by Gasteiger charge is -2.11. The number of rotatable bonds is 3. The van der Waals surface area contributed by atoms with E-state index in [1.165, 1.54) is 0 Å². The summed E-state index contributed by atoms with van der Waals surface area (Å²) >= 11 is 6.19. The average molecular weight is 285 g/mol. The second-order valence-electron chi connectivity index (χ2n) is 4.43. The Morgan fingerprint density at radius 1 is 1.00 bits per heavy atom. The molecule has 0 saturated carbocycles. The Labute approximate surface area is 122 Å². The summed E-state index contributed by atoms with van der Waals surface area (Å²) in [5.74, 6) is 1.28. The molecule has 0 saturated heterocycles. The molecule has 0 aliphatic heterocycles. The lowest BCUT2D eigenvalue weighted by atomic mass is 10.1. The Kier molecular flexibility index (Phi) is 3.44. The van der Waals surface area contributed by atoms with Crippen molar-refractivity contribution in [3.63, 3.8) is 0 Å². The summed E-state index contributed by atoms with van der Waals surface area (Å²) in [6.07, 6.45) is 1.66. The molecule has 2 N–H and O–H groups in total. The quantitative estimate of drug-likeness (QED) is 0.789. The highest BCUT2D eigenvalue weighted by Crippen LogP contribution is 2.31. The van der Waals surface area contributed by atoms with Gasteiger partial charge in [0.1, 0.15) is 18.2 Å². The van der Waals surface area contributed by atoms with Crippen molar-refractivity contribution in [1.82, 2.24) is 4.98 Å². The first-order chi connectivity index (χ1) is 9.75. The fourth-order valence-corrected chi connectivity index (χ4v) is 2.32. The topological polar surface area (TPSA) is 48.1 Å². The van der Waals surface area contributed by atoms with E-state index in [4.69, 9.17) is 22.1 Å². The number of fused-ring (bicyclic) bond motifs is 1. The number of nitrogens with two attached hydrogens (primary N) is 1. The molecule has 20 heavy (non-hydrogen) atoms. The van der Waals surface area contributed by atoms with Gasteiger partial charge in [0, 0.05) is 27.6 Å². The molecule has 0 aliphatic carbocycles. The minimum atomic E-state index is 0.380. The lowest BCUT2D eigenvalue weighted by molar-refractivity contribution is 0.310. The van der Waals surface area contributed by atoms with Gasteiger partial charge in [-0.1, -0.05) is 41.9 Å². The van der Waals surface area contributed by atoms with Gasteiger partial charge in [-0.15, -0.1) is 0 Å². The first kappa shape index (κ1) is 12.8. The zero-order chi connectivity index (χ0) is 13.9. The van der Waals surface area contributed by atoms with Crippen molar-refractivity contribution in [2.24, 2.45) is 0 Å². The lowest BCUT2D eigenvalue weighted by Crippen LogP contribution is -2.02. The molecule has 3 aromatic rings. The predicted molar refractivity (Wildman–Crippen MR) is 81.9 cm³/mol. The van der Waals surface area contributed by atoms with Crippen molar-refractivity contribution in [3.05, 3.63) is 65.3 Å². The Balaban J connectivity index is 1.92. The number of nitrogen functional groups attached to an aromatic ring is 1. The maximum absolute atomic E-state index is 6.19. The third-order valence-electron chi connectivity index (χ3n) is 3.14. The summed E-state index contributed by atoms with van der Waals surface area (Å²) in [5, 5.41) is 2.68. The molecule has 0 fully saturated rings. The molecular formula is C16H13ClN2O. The highest BCUT2D eigenvalue weighted by molar-refractivity contribution is 6.35. The molecule has 0 bridgehead atoms. The molecule has 0 radical (unpaired) electrons. The maximum atomic E-state index is 6.19. The summed E-state index contributed by atoms with van der Waals surface area (Å²) < 4.78 is 5.86. The van der Waals surface area contributed by atoms with E-state index >= 15 is 0 Å². The molecule has 0 amide bonds. The molecule has 2 aromatic carbocycles. The zero-order valence-electron chi connectivity index (χ0n) is 10.7. The van der Waals surface area contributed by atoms with E-state index in [1.54, 1.807) is 6.20 Å². The van der Waals surface area contributed by atoms with Crippen molar-refractivity contribution in [2.75, 3.05) is 5.73 Å². The number of aromatic nitrogens is 1. The number of ether oxygens (including phenoxy) is 1. The van der Waals surface area contributed by atoms with Crippen LogP contribution in [0.5, 0.6) is 5.75 Å². The third-order valence-corrected chi connectivity index (χ3v) is 3.47. The third kappa shape index (κ3) is 2.40. The van der Waals surface area contributed by atoms with Gasteiger partial charge in [-0.2, -0.15) is 0 Å². The summed E-state index contributed by atoms with van der Waals surface area (Å²) in [5.41, 5.74) is 6.68. The average Bonchev–Trinajstić information content (AvgIpc) is 2.48. The molecule has 3 rings (SSSR count). The summed E-state index contributed by atoms with van der Waals surface area (Å²) in [6, 6.07) is 15.3. The van der Waals surface area contributed by atoms with Crippen molar-refractivity contribution >= 4 is 28.2 Å². The SMILES string of the molecule is Nc1ncccc1COc1ccc(Cl)c2ccccc12. The first-order valence-corrected chi connectivity index (χ1v) is 6.63. The minimum Gasteiger partial charge on any atom is -0.488 e. The van der Waals surface area contributed by atoms with Gasteiger partial charge in [0.2, 0.25) is 0 Å². The molecule has 100 valence electrons. The molecule has 1 aromatic heterocycles. The molecule has 0 unspecified atom stereocenters. The summed E-state index contributed by atoms with van der Waals surface area (Å²) in [6.45, 7) is 0.380. The Hall–Kier alpha value is -2.26. The molecule has 3 nitrogen and oxygen atoms in total. The number of anilines is 1. The number of pyridine rings is 1. The normalized spacial score (nSPS) is 10.7. The van der Waals surface area contributed by atoms with Gasteiger partial charge in [-0.25, -0.2) is 4.98 Å². The van der Waals surface area contributed by atoms with E-state index in [0.717, 1.165) is 22.1 Å². The van der Waals surface area contributed by atoms with Crippen LogP contribution < -0.4 is 10.5 Å². The van der Waals surface area contributed by atoms with Crippen molar-refractivity contribution < 1.29 is 4.74 Å². The molecule has 0 atom stereocenters. The highest BCUT2D eigenvalue weighted by Gasteiger charge is 2.06. The standard InChI is InChI=1S/C16H13ClN2O/c17-14-7-8-15(13-6-2-1-5-12(13)14)20-10-11-4-3-9-19-16(11)18/h1-9H,10H2,(H2,18,19). The van der Waals surface area contributed by atoms with Gasteiger partial charge in [0.15, 0.2) is 0 Å². The van der Waals surface area contributed by atoms with Gasteiger partial charge in [0.25, 0.3) is 0 Å². The molecule has 0 spiro atoms. The molecule has 0 aliphatic rings. The van der Waals surface area contributed by atoms with Crippen LogP contribution >= 0.6 is 11.6 Å². The van der Waals surface area contributed by atoms with Crippen molar-refractivity contribution in [1.29, 1.82) is 0 Å². The van der Waals surface area contributed by atoms with Crippen LogP contribution in [-0.4, -0.2) is 4.98 Å². The van der Waals surface area contributed by atoms with Crippen LogP contribution in [-0.2, 0) is 6.61 Å². The molecule has 1 heterocycles. The van der Waals surface area contributed by atoms with Gasteiger partial charge >= 0.3 is 0 Å². The minimum absolute atomic E-state index is 0.380. The van der Waals surface area contributed by atoms with Crippen LogP contribution in [0.1, 0.15) is 5.56 Å². The van der Waals surface area contributed by atoms with Crippen LogP contribution in [0.3, 0.4) is 0 Å². The van der Waals surface area contributed by atoms with Crippen LogP contribution in [0.4, 0.5) is 5.82 Å². The molecule has 4 heteroatoms. The largest absolute Gasteiger partial charge is 0.488 e. The highest BCUT2D eigenvalue weighted by atomic mass is 35.5. The summed E-state index contributed by atoms with van der Waals surface area (Å²) in [7, 11) is 0. The number of hydrogen-bond acceptors (Lipinski definition) is 3. The Morgan fingerprint density at radius 2 is 1.80 bits per heavy atom. The fraction of sp³-hybridized carbons (Fsp3) is 0.0625. The maximum Gasteiger partial charge on any atom is 0.129 e. The number of hydrogen-bond donors (Lipinski definition) is 1. The Bertz CT molecular complexity index is 758. The Morgan fingerprint density at radius 3 is 2.60 bits per heavy atom. The smallest absolute Gasteiger partial charge is 0.129 e. The van der Waals surface area contributed by atoms with Gasteiger partial charge < -0.3 is 10.5 Å². The number of halogens is 1. The van der Waals surface area contributed by atoms with Gasteiger partial charge in [0.05, 0.1) is 0 Å². The number of nitrogens with zero attached hydrogens (tertiary/aromatic N) is 1. The van der Waals surface area contributed by atoms with E-state index in [-0.39, 0.29) is 0 Å². The monoisotopic (exact) mass is 284 g/mol. The first-order valence-electron chi connectivity index (χ1n) is 6.25. The van der Waals surface area contributed by atoms with Gasteiger partial charge in [-0.3, -0.25) is 0 Å². The summed E-state index contributed by atoms with van der Waals surface area (Å²) in [4.78, 5) is 4.04. The predicted octanol–water partition coefficient (Wildman–Crippen LogP) is 4.05. The van der Waals surface area contributed by atoms with E-state index in [1.807, 2.05) is 48.5 Å². The van der Waals surface area contributed by atoms with Crippen LogP contribution in [0.25, 0.3) is 10.8 Å². The second kappa shape index (κ2) is 5.39. The number of benzene rings is 2. The second-order valence-corrected chi connectivity index (χ2v) is 4.83. The van der Waals surface area contributed by atoms with Crippen LogP contribution in [0, 0.1) is 0 Å². The zero-order valence-corrected chi connectivity index (χ0v) is 11.5. The van der Waals surface area contributed by atoms with Gasteiger partial charge in [-0.05, 0) is 18.2 Å². The van der Waals surface area contributed by atoms with Crippen LogP contribution in [0.2, 0.25) is 5.02 Å². The van der Waals surface area contributed by atoms with Crippen molar-refractivity contribution in [2.45, 2.75) is 6.61 Å². The van der Waals surface area contributed by atoms with E-state index in [9.17, 15) is 0 Å². The fourth-order valence-electron chi connectivity index (χ4n) is 2.09. The molecular weight excluding hydrogens is 272 g/mol. The van der Waals surface area contributed by atoms with E-state index < -0.39 is 0 Å². The van der Waals surface area contributed by atoms with Crippen LogP contribution in [0.15, 0.2) is 54.7 Å². The van der Waals surface area contributed by atoms with E-state index in [0.29, 0.717) is 17.4 Å². The van der Waals surface area contributed by atoms with E-state index in [2.05, 4.69) is 4.98 Å².